The quantitative estimate of drug-likeness (QED) is 0.722. The van der Waals surface area contributed by atoms with Crippen LogP contribution in [0.15, 0.2) is 4.52 Å². The summed E-state index contributed by atoms with van der Waals surface area (Å²) in [6, 6.07) is -0.927. The summed E-state index contributed by atoms with van der Waals surface area (Å²) in [4.78, 5) is 3.68. The Morgan fingerprint density at radius 2 is 2.11 bits per heavy atom. The van der Waals surface area contributed by atoms with Gasteiger partial charge in [-0.05, 0) is 6.92 Å². The van der Waals surface area contributed by atoms with Gasteiger partial charge in [-0.15, -0.1) is 0 Å². The Morgan fingerprint density at radius 1 is 1.47 bits per heavy atom. The number of rotatable bonds is 7. The van der Waals surface area contributed by atoms with E-state index in [1.165, 1.54) is 6.92 Å². The molecule has 0 saturated carbocycles. The van der Waals surface area contributed by atoms with Crippen molar-refractivity contribution in [1.29, 1.82) is 0 Å². The summed E-state index contributed by atoms with van der Waals surface area (Å²) < 4.78 is 57.7. The lowest BCUT2D eigenvalue weighted by atomic mass is 10.2. The molecule has 19 heavy (non-hydrogen) atoms. The highest BCUT2D eigenvalue weighted by Gasteiger charge is 2.41. The van der Waals surface area contributed by atoms with Gasteiger partial charge in [-0.25, -0.2) is 8.78 Å². The number of ether oxygens (including phenoxy) is 1. The van der Waals surface area contributed by atoms with Crippen LogP contribution in [0, 0.1) is 0 Å². The van der Waals surface area contributed by atoms with E-state index in [0.29, 0.717) is 0 Å². The number of alkyl halides is 4. The fourth-order valence-electron chi connectivity index (χ4n) is 1.01. The molecule has 0 unspecified atom stereocenters. The number of hydrogen-bond acceptors (Lipinski definition) is 6. The average Bonchev–Trinajstić information content (AvgIpc) is 2.76. The van der Waals surface area contributed by atoms with Crippen LogP contribution in [0.25, 0.3) is 0 Å². The number of hydrogen-bond donors (Lipinski definition) is 2. The van der Waals surface area contributed by atoms with Crippen LogP contribution in [0.3, 0.4) is 0 Å². The molecule has 0 bridgehead atoms. The van der Waals surface area contributed by atoms with Crippen LogP contribution >= 0.6 is 0 Å². The number of aromatic nitrogens is 2. The van der Waals surface area contributed by atoms with Crippen LogP contribution in [-0.4, -0.2) is 40.3 Å². The monoisotopic (exact) mass is 287 g/mol. The highest BCUT2D eigenvalue weighted by molar-refractivity contribution is 4.93. The van der Waals surface area contributed by atoms with Gasteiger partial charge in [-0.2, -0.15) is 13.8 Å². The van der Waals surface area contributed by atoms with Gasteiger partial charge in [0, 0.05) is 0 Å². The molecule has 0 aromatic carbocycles. The summed E-state index contributed by atoms with van der Waals surface area (Å²) >= 11 is 0. The summed E-state index contributed by atoms with van der Waals surface area (Å²) in [6.45, 7) is -0.594. The van der Waals surface area contributed by atoms with Gasteiger partial charge in [0.25, 0.3) is 0 Å². The Labute approximate surface area is 105 Å². The maximum Gasteiger partial charge on any atom is 0.330 e. The zero-order valence-electron chi connectivity index (χ0n) is 9.89. The van der Waals surface area contributed by atoms with Gasteiger partial charge in [-0.1, -0.05) is 5.16 Å². The van der Waals surface area contributed by atoms with Crippen LogP contribution in [0.5, 0.6) is 0 Å². The molecule has 2 atom stereocenters. The zero-order chi connectivity index (χ0) is 14.6. The predicted octanol–water partition coefficient (Wildman–Crippen LogP) is 0.867. The highest BCUT2D eigenvalue weighted by atomic mass is 19.3. The molecule has 0 aliphatic heterocycles. The van der Waals surface area contributed by atoms with Crippen LogP contribution < -0.4 is 5.73 Å². The number of aliphatic hydroxyl groups excluding tert-OH is 1. The Morgan fingerprint density at radius 3 is 2.63 bits per heavy atom. The molecule has 0 amide bonds. The molecule has 0 saturated heterocycles. The van der Waals surface area contributed by atoms with Gasteiger partial charge >= 0.3 is 12.3 Å². The van der Waals surface area contributed by atoms with Crippen molar-refractivity contribution in [2.24, 2.45) is 5.73 Å². The van der Waals surface area contributed by atoms with E-state index in [0.717, 1.165) is 0 Å². The van der Waals surface area contributed by atoms with Crippen LogP contribution in [0.2, 0.25) is 0 Å². The number of nitrogens with zero attached hydrogens (tertiary/aromatic N) is 2. The lowest BCUT2D eigenvalue weighted by molar-refractivity contribution is -0.168. The van der Waals surface area contributed by atoms with E-state index in [-0.39, 0.29) is 11.7 Å². The first kappa shape index (κ1) is 15.8. The molecule has 10 heteroatoms. The van der Waals surface area contributed by atoms with Crippen LogP contribution in [0.4, 0.5) is 17.6 Å². The first-order valence-electron chi connectivity index (χ1n) is 5.24. The summed E-state index contributed by atoms with van der Waals surface area (Å²) in [5.41, 5.74) is 5.48. The largest absolute Gasteiger partial charge is 0.391 e. The first-order chi connectivity index (χ1) is 8.74. The molecular weight excluding hydrogens is 274 g/mol. The standard InChI is InChI=1S/C9H13F4N3O3/c1-4(17)6(14)7-15-5(16-19-7)2-18-3-9(12,13)8(10)11/h4,6,8,17H,2-3,14H2,1H3/t4-,6+/m1/s1. The maximum absolute atomic E-state index is 12.5. The second-order valence-electron chi connectivity index (χ2n) is 3.87. The van der Waals surface area contributed by atoms with Crippen molar-refractivity contribution in [3.8, 4) is 0 Å². The molecule has 1 heterocycles. The van der Waals surface area contributed by atoms with Crippen LogP contribution in [-0.2, 0) is 11.3 Å². The molecule has 1 aromatic rings. The lowest BCUT2D eigenvalue weighted by Gasteiger charge is -2.14. The van der Waals surface area contributed by atoms with Crippen molar-refractivity contribution >= 4 is 0 Å². The molecule has 0 aliphatic rings. The summed E-state index contributed by atoms with van der Waals surface area (Å²) in [5, 5.41) is 12.5. The minimum Gasteiger partial charge on any atom is -0.391 e. The maximum atomic E-state index is 12.5. The molecular formula is C9H13F4N3O3. The second-order valence-corrected chi connectivity index (χ2v) is 3.87. The highest BCUT2D eigenvalue weighted by Crippen LogP contribution is 2.23. The normalized spacial score (nSPS) is 15.8. The van der Waals surface area contributed by atoms with Crippen molar-refractivity contribution in [2.45, 2.75) is 38.0 Å². The Kier molecular flexibility index (Phi) is 5.20. The minimum atomic E-state index is -4.23. The summed E-state index contributed by atoms with van der Waals surface area (Å²) in [5.74, 6) is -4.46. The van der Waals surface area contributed by atoms with Gasteiger partial charge in [0.05, 0.1) is 6.10 Å². The van der Waals surface area contributed by atoms with E-state index >= 15 is 0 Å². The van der Waals surface area contributed by atoms with Crippen molar-refractivity contribution < 1.29 is 31.9 Å². The molecule has 110 valence electrons. The Bertz CT molecular complexity index is 400. The SMILES string of the molecule is C[C@@H](O)[C@H](N)c1nc(COCC(F)(F)C(F)F)no1. The van der Waals surface area contributed by atoms with E-state index in [9.17, 15) is 17.6 Å². The molecule has 1 aromatic heterocycles. The molecule has 6 nitrogen and oxygen atoms in total. The number of halogens is 4. The third-order valence-electron chi connectivity index (χ3n) is 2.13. The van der Waals surface area contributed by atoms with Crippen molar-refractivity contribution in [1.82, 2.24) is 10.1 Å². The van der Waals surface area contributed by atoms with Crippen LogP contribution in [0.1, 0.15) is 24.7 Å². The smallest absolute Gasteiger partial charge is 0.330 e. The van der Waals surface area contributed by atoms with E-state index in [1.807, 2.05) is 0 Å². The summed E-state index contributed by atoms with van der Waals surface area (Å²) in [6.07, 6.45) is -4.76. The van der Waals surface area contributed by atoms with E-state index in [2.05, 4.69) is 19.4 Å². The first-order valence-corrected chi connectivity index (χ1v) is 5.24. The van der Waals surface area contributed by atoms with Crippen molar-refractivity contribution in [3.05, 3.63) is 11.7 Å². The minimum absolute atomic E-state index is 0.103. The fourth-order valence-corrected chi connectivity index (χ4v) is 1.01. The fraction of sp³-hybridized carbons (Fsp3) is 0.778. The molecule has 3 N–H and O–H groups in total. The van der Waals surface area contributed by atoms with Gasteiger partial charge in [0.2, 0.25) is 5.89 Å². The van der Waals surface area contributed by atoms with Gasteiger partial charge in [0.15, 0.2) is 5.82 Å². The van der Waals surface area contributed by atoms with Gasteiger partial charge < -0.3 is 20.1 Å². The van der Waals surface area contributed by atoms with Gasteiger partial charge in [-0.3, -0.25) is 0 Å². The second kappa shape index (κ2) is 6.26. The summed E-state index contributed by atoms with van der Waals surface area (Å²) in [7, 11) is 0. The molecule has 0 fully saturated rings. The lowest BCUT2D eigenvalue weighted by Crippen LogP contribution is -2.32. The topological polar surface area (TPSA) is 94.4 Å². The Hall–Kier alpha value is -1.26. The van der Waals surface area contributed by atoms with E-state index < -0.39 is 37.7 Å². The number of nitrogens with two attached hydrogens (primary N) is 1. The van der Waals surface area contributed by atoms with E-state index in [1.54, 1.807) is 0 Å². The molecule has 1 rings (SSSR count). The molecule has 0 aliphatic carbocycles. The molecule has 0 spiro atoms. The van der Waals surface area contributed by atoms with Crippen molar-refractivity contribution in [3.63, 3.8) is 0 Å². The third-order valence-corrected chi connectivity index (χ3v) is 2.13. The third kappa shape index (κ3) is 4.40. The number of aliphatic hydroxyl groups is 1. The zero-order valence-corrected chi connectivity index (χ0v) is 9.89. The van der Waals surface area contributed by atoms with E-state index in [4.69, 9.17) is 10.8 Å². The Balaban J connectivity index is 2.47. The predicted molar refractivity (Wildman–Crippen MR) is 53.5 cm³/mol. The van der Waals surface area contributed by atoms with Crippen molar-refractivity contribution in [2.75, 3.05) is 6.61 Å². The van der Waals surface area contributed by atoms with Gasteiger partial charge in [0.1, 0.15) is 19.3 Å². The average molecular weight is 287 g/mol. The molecule has 0 radical (unpaired) electrons.